The highest BCUT2D eigenvalue weighted by molar-refractivity contribution is 6.32. The maximum atomic E-state index is 12.9. The lowest BCUT2D eigenvalue weighted by atomic mass is 10.0. The summed E-state index contributed by atoms with van der Waals surface area (Å²) in [5, 5.41) is 3.79. The van der Waals surface area contributed by atoms with Crippen LogP contribution in [0.4, 0.5) is 11.4 Å². The van der Waals surface area contributed by atoms with Gasteiger partial charge in [0.25, 0.3) is 0 Å². The second kappa shape index (κ2) is 8.25. The summed E-state index contributed by atoms with van der Waals surface area (Å²) in [4.78, 5) is 29.3. The molecule has 3 aromatic heterocycles. The fourth-order valence-corrected chi connectivity index (χ4v) is 4.21. The number of pyridine rings is 1. The van der Waals surface area contributed by atoms with Crippen LogP contribution in [0.15, 0.2) is 36.7 Å². The molecule has 9 nitrogen and oxygen atoms in total. The van der Waals surface area contributed by atoms with Gasteiger partial charge in [-0.2, -0.15) is 4.98 Å². The van der Waals surface area contributed by atoms with Crippen molar-refractivity contribution in [1.29, 1.82) is 0 Å². The van der Waals surface area contributed by atoms with Crippen LogP contribution in [0.2, 0.25) is 5.02 Å². The number of anilines is 2. The van der Waals surface area contributed by atoms with Gasteiger partial charge < -0.3 is 24.5 Å². The van der Waals surface area contributed by atoms with Crippen LogP contribution in [0.25, 0.3) is 22.3 Å². The van der Waals surface area contributed by atoms with Gasteiger partial charge in [-0.25, -0.2) is 9.78 Å². The van der Waals surface area contributed by atoms with Gasteiger partial charge in [0, 0.05) is 23.4 Å². The Bertz CT molecular complexity index is 1390. The zero-order valence-corrected chi connectivity index (χ0v) is 18.9. The minimum absolute atomic E-state index is 0.0227. The van der Waals surface area contributed by atoms with E-state index in [1.807, 2.05) is 19.1 Å². The molecule has 1 aliphatic rings. The summed E-state index contributed by atoms with van der Waals surface area (Å²) in [5.41, 5.74) is 4.87. The molecule has 0 aliphatic carbocycles. The zero-order valence-electron chi connectivity index (χ0n) is 18.1. The lowest BCUT2D eigenvalue weighted by Gasteiger charge is -2.20. The van der Waals surface area contributed by atoms with Crippen molar-refractivity contribution in [3.05, 3.63) is 52.9 Å². The number of H-pyrrole nitrogens is 1. The molecule has 0 unspecified atom stereocenters. The molecule has 0 spiro atoms. The molecule has 4 aromatic rings. The van der Waals surface area contributed by atoms with Crippen molar-refractivity contribution in [2.45, 2.75) is 12.8 Å². The van der Waals surface area contributed by atoms with Crippen molar-refractivity contribution in [2.24, 2.45) is 0 Å². The Morgan fingerprint density at radius 2 is 2.06 bits per heavy atom. The maximum absolute atomic E-state index is 12.9. The van der Waals surface area contributed by atoms with Crippen molar-refractivity contribution in [3.63, 3.8) is 0 Å². The van der Waals surface area contributed by atoms with E-state index in [1.54, 1.807) is 24.5 Å². The molecule has 4 heterocycles. The first kappa shape index (κ1) is 21.0. The average Bonchev–Trinajstić information content (AvgIpc) is 3.21. The number of cyclic esters (lactones) is 1. The number of nitrogens with one attached hydrogen (secondary N) is 2. The molecule has 0 bridgehead atoms. The Balaban J connectivity index is 1.78. The quantitative estimate of drug-likeness (QED) is 0.408. The van der Waals surface area contributed by atoms with Gasteiger partial charge in [0.05, 0.1) is 49.1 Å². The third kappa shape index (κ3) is 3.50. The molecule has 168 valence electrons. The predicted molar refractivity (Wildman–Crippen MR) is 124 cm³/mol. The molecule has 10 heteroatoms. The molecule has 1 aromatic carbocycles. The molecule has 33 heavy (non-hydrogen) atoms. The number of carbonyl (C=O) groups excluding carboxylic acids is 1. The highest BCUT2D eigenvalue weighted by Crippen LogP contribution is 2.44. The van der Waals surface area contributed by atoms with Crippen molar-refractivity contribution in [1.82, 2.24) is 19.9 Å². The van der Waals surface area contributed by atoms with Crippen LogP contribution in [-0.2, 0) is 4.74 Å². The van der Waals surface area contributed by atoms with Crippen molar-refractivity contribution >= 4 is 40.0 Å². The number of nitrogens with zero attached hydrogens (tertiary/aromatic N) is 3. The molecule has 0 saturated heterocycles. The van der Waals surface area contributed by atoms with Crippen molar-refractivity contribution in [2.75, 3.05) is 26.1 Å². The average molecular weight is 466 g/mol. The first-order valence-electron chi connectivity index (χ1n) is 10.2. The number of ether oxygens (including phenoxy) is 3. The number of benzene rings is 1. The van der Waals surface area contributed by atoms with Crippen LogP contribution in [0, 0.1) is 0 Å². The summed E-state index contributed by atoms with van der Waals surface area (Å²) >= 11 is 6.33. The largest absolute Gasteiger partial charge is 0.493 e. The standard InChI is InChI=1S/C23H20ClN5O4/c1-11-10-33-22(30)16-17(11)28-19(20(16)27-14-6-4-5-13(24)21(14)31-2)12-7-8-25-15-9-26-23(32-3)29-18(12)15/h4-9,11,27-28H,10H2,1-3H3/t11-/m1/s1. The summed E-state index contributed by atoms with van der Waals surface area (Å²) in [5.74, 6) is 0.0195. The number of halogens is 1. The van der Waals surface area contributed by atoms with Crippen LogP contribution in [0.5, 0.6) is 11.8 Å². The van der Waals surface area contributed by atoms with Gasteiger partial charge in [0.1, 0.15) is 16.6 Å². The summed E-state index contributed by atoms with van der Waals surface area (Å²) in [7, 11) is 3.04. The monoisotopic (exact) mass is 465 g/mol. The fraction of sp³-hybridized carbons (Fsp3) is 0.217. The van der Waals surface area contributed by atoms with E-state index in [1.165, 1.54) is 14.2 Å². The Morgan fingerprint density at radius 1 is 1.21 bits per heavy atom. The number of esters is 1. The van der Waals surface area contributed by atoms with Gasteiger partial charge >= 0.3 is 12.0 Å². The number of methoxy groups -OCH3 is 2. The van der Waals surface area contributed by atoms with E-state index in [9.17, 15) is 4.79 Å². The summed E-state index contributed by atoms with van der Waals surface area (Å²) in [6, 6.07) is 7.39. The van der Waals surface area contributed by atoms with Gasteiger partial charge in [-0.15, -0.1) is 0 Å². The lowest BCUT2D eigenvalue weighted by Crippen LogP contribution is -2.20. The molecule has 0 amide bonds. The predicted octanol–water partition coefficient (Wildman–Crippen LogP) is 4.71. The third-order valence-corrected chi connectivity index (χ3v) is 5.83. The second-order valence-electron chi connectivity index (χ2n) is 7.56. The highest BCUT2D eigenvalue weighted by atomic mass is 35.5. The molecular weight excluding hydrogens is 446 g/mol. The van der Waals surface area contributed by atoms with Gasteiger partial charge in [-0.3, -0.25) is 4.98 Å². The number of carbonyl (C=O) groups is 1. The van der Waals surface area contributed by atoms with E-state index >= 15 is 0 Å². The lowest BCUT2D eigenvalue weighted by molar-refractivity contribution is 0.0448. The van der Waals surface area contributed by atoms with Crippen molar-refractivity contribution in [3.8, 4) is 23.0 Å². The van der Waals surface area contributed by atoms with Gasteiger partial charge in [0.2, 0.25) is 0 Å². The third-order valence-electron chi connectivity index (χ3n) is 5.53. The smallest absolute Gasteiger partial charge is 0.342 e. The minimum atomic E-state index is -0.417. The van der Waals surface area contributed by atoms with Crippen molar-refractivity contribution < 1.29 is 19.0 Å². The number of rotatable bonds is 5. The molecule has 0 fully saturated rings. The summed E-state index contributed by atoms with van der Waals surface area (Å²) in [6.45, 7) is 2.28. The van der Waals surface area contributed by atoms with Gasteiger partial charge in [-0.1, -0.05) is 24.6 Å². The highest BCUT2D eigenvalue weighted by Gasteiger charge is 2.33. The SMILES string of the molecule is COc1ncc2nccc(-c3[nH]c4c(c3Nc3cccc(Cl)c3OC)C(=O)OC[C@H]4C)c2n1. The topological polar surface area (TPSA) is 111 Å². The van der Waals surface area contributed by atoms with Crippen LogP contribution < -0.4 is 14.8 Å². The molecule has 1 aliphatic heterocycles. The van der Waals surface area contributed by atoms with E-state index in [0.717, 1.165) is 11.3 Å². The maximum Gasteiger partial charge on any atom is 0.342 e. The van der Waals surface area contributed by atoms with Gasteiger partial charge in [0.15, 0.2) is 5.75 Å². The van der Waals surface area contributed by atoms with Crippen LogP contribution >= 0.6 is 11.6 Å². The first-order valence-corrected chi connectivity index (χ1v) is 10.6. The second-order valence-corrected chi connectivity index (χ2v) is 7.97. The van der Waals surface area contributed by atoms with E-state index in [4.69, 9.17) is 25.8 Å². The van der Waals surface area contributed by atoms with E-state index < -0.39 is 5.97 Å². The van der Waals surface area contributed by atoms with Crippen LogP contribution in [0.1, 0.15) is 28.9 Å². The molecular formula is C23H20ClN5O4. The normalized spacial score (nSPS) is 15.2. The first-order chi connectivity index (χ1) is 16.0. The Hall–Kier alpha value is -3.85. The minimum Gasteiger partial charge on any atom is -0.493 e. The van der Waals surface area contributed by atoms with E-state index in [-0.39, 0.29) is 11.9 Å². The molecule has 2 N–H and O–H groups in total. The number of aromatic amines is 1. The Morgan fingerprint density at radius 3 is 2.85 bits per heavy atom. The van der Waals surface area contributed by atoms with E-state index in [2.05, 4.69) is 25.3 Å². The number of para-hydroxylation sites is 1. The summed E-state index contributed by atoms with van der Waals surface area (Å²) < 4.78 is 16.1. The molecule has 0 radical (unpaired) electrons. The molecule has 1 atom stereocenters. The Kier molecular flexibility index (Phi) is 5.26. The number of hydrogen-bond acceptors (Lipinski definition) is 8. The molecule has 5 rings (SSSR count). The van der Waals surface area contributed by atoms with Crippen LogP contribution in [0.3, 0.4) is 0 Å². The number of hydrogen-bond donors (Lipinski definition) is 2. The van der Waals surface area contributed by atoms with Gasteiger partial charge in [-0.05, 0) is 18.2 Å². The van der Waals surface area contributed by atoms with E-state index in [0.29, 0.717) is 51.0 Å². The summed E-state index contributed by atoms with van der Waals surface area (Å²) in [6.07, 6.45) is 3.26. The molecule has 0 saturated carbocycles. The zero-order chi connectivity index (χ0) is 23.1. The fourth-order valence-electron chi connectivity index (χ4n) is 3.96. The Labute approximate surface area is 194 Å². The van der Waals surface area contributed by atoms with Crippen LogP contribution in [-0.4, -0.2) is 46.7 Å². The number of fused-ring (bicyclic) bond motifs is 2. The number of aromatic nitrogens is 4.